The highest BCUT2D eigenvalue weighted by molar-refractivity contribution is 6.07. The molecule has 2 N–H and O–H groups in total. The van der Waals surface area contributed by atoms with E-state index in [4.69, 9.17) is 0 Å². The molecule has 2 aromatic carbocycles. The van der Waals surface area contributed by atoms with Crippen LogP contribution in [0.5, 0.6) is 0 Å². The van der Waals surface area contributed by atoms with E-state index in [9.17, 15) is 14.0 Å². The first-order valence-electron chi connectivity index (χ1n) is 9.57. The van der Waals surface area contributed by atoms with E-state index >= 15 is 0 Å². The van der Waals surface area contributed by atoms with Crippen molar-refractivity contribution in [2.45, 2.75) is 32.4 Å². The molecule has 28 heavy (non-hydrogen) atoms. The van der Waals surface area contributed by atoms with Crippen molar-refractivity contribution in [2.75, 3.05) is 13.7 Å². The first-order chi connectivity index (χ1) is 13.3. The van der Waals surface area contributed by atoms with Crippen LogP contribution in [0.25, 0.3) is 0 Å². The molecule has 0 bridgehead atoms. The number of rotatable bonds is 7. The first kappa shape index (κ1) is 20.0. The van der Waals surface area contributed by atoms with Gasteiger partial charge in [0.05, 0.1) is 7.05 Å². The molecule has 1 unspecified atom stereocenters. The number of hydrogen-bond donors (Lipinski definition) is 2. The van der Waals surface area contributed by atoms with E-state index in [0.29, 0.717) is 13.0 Å². The van der Waals surface area contributed by atoms with Gasteiger partial charge in [-0.3, -0.25) is 4.79 Å². The van der Waals surface area contributed by atoms with E-state index in [1.165, 1.54) is 17.0 Å². The SMILES string of the molecule is CC(C)C[C@]1(c2ccccc2)NC(=O)N(C[NH+](C)Cc2cccc(F)c2)C1=O. The van der Waals surface area contributed by atoms with Crippen molar-refractivity contribution >= 4 is 11.9 Å². The van der Waals surface area contributed by atoms with Gasteiger partial charge in [-0.1, -0.05) is 56.3 Å². The van der Waals surface area contributed by atoms with Crippen LogP contribution >= 0.6 is 0 Å². The number of nitrogens with one attached hydrogen (secondary N) is 2. The number of carbonyl (C=O) groups is 2. The van der Waals surface area contributed by atoms with Crippen molar-refractivity contribution < 1.29 is 18.9 Å². The van der Waals surface area contributed by atoms with Gasteiger partial charge < -0.3 is 10.2 Å². The van der Waals surface area contributed by atoms with Gasteiger partial charge in [0.15, 0.2) is 6.67 Å². The van der Waals surface area contributed by atoms with Crippen molar-refractivity contribution in [3.8, 4) is 0 Å². The highest BCUT2D eigenvalue weighted by atomic mass is 19.1. The van der Waals surface area contributed by atoms with Gasteiger partial charge in [0.25, 0.3) is 5.91 Å². The lowest BCUT2D eigenvalue weighted by molar-refractivity contribution is -0.901. The quantitative estimate of drug-likeness (QED) is 0.720. The minimum atomic E-state index is -1.04. The molecule has 0 aliphatic carbocycles. The third-order valence-electron chi connectivity index (χ3n) is 4.98. The second kappa shape index (κ2) is 8.10. The fourth-order valence-electron chi connectivity index (χ4n) is 3.88. The Kier molecular flexibility index (Phi) is 5.79. The van der Waals surface area contributed by atoms with Crippen molar-refractivity contribution in [3.63, 3.8) is 0 Å². The molecule has 2 aromatic rings. The maximum atomic E-state index is 13.4. The summed E-state index contributed by atoms with van der Waals surface area (Å²) in [6.45, 7) is 4.80. The van der Waals surface area contributed by atoms with Gasteiger partial charge in [0.2, 0.25) is 0 Å². The summed E-state index contributed by atoms with van der Waals surface area (Å²) in [6, 6.07) is 15.4. The molecule has 148 valence electrons. The van der Waals surface area contributed by atoms with Gasteiger partial charge in [-0.15, -0.1) is 0 Å². The van der Waals surface area contributed by atoms with Crippen LogP contribution in [0.1, 0.15) is 31.4 Å². The second-order valence-electron chi connectivity index (χ2n) is 7.95. The minimum Gasteiger partial charge on any atom is -0.319 e. The fraction of sp³-hybridized carbons (Fsp3) is 0.364. The Balaban J connectivity index is 1.81. The maximum Gasteiger partial charge on any atom is 0.329 e. The zero-order valence-corrected chi connectivity index (χ0v) is 16.5. The van der Waals surface area contributed by atoms with Gasteiger partial charge in [0.1, 0.15) is 17.9 Å². The average molecular weight is 384 g/mol. The molecular weight excluding hydrogens is 357 g/mol. The lowest BCUT2D eigenvalue weighted by atomic mass is 9.82. The summed E-state index contributed by atoms with van der Waals surface area (Å²) in [6.07, 6.45) is 0.529. The smallest absolute Gasteiger partial charge is 0.319 e. The molecule has 5 nitrogen and oxygen atoms in total. The van der Waals surface area contributed by atoms with Crippen molar-refractivity contribution in [1.29, 1.82) is 0 Å². The lowest BCUT2D eigenvalue weighted by Gasteiger charge is -2.29. The predicted molar refractivity (Wildman–Crippen MR) is 105 cm³/mol. The Hall–Kier alpha value is -2.73. The Morgan fingerprint density at radius 1 is 1.11 bits per heavy atom. The highest BCUT2D eigenvalue weighted by Gasteiger charge is 2.53. The molecular formula is C22H27FN3O2+. The largest absolute Gasteiger partial charge is 0.329 e. The standard InChI is InChI=1S/C22H26FN3O2/c1-16(2)13-22(18-9-5-4-6-10-18)20(27)26(21(28)24-22)15-25(3)14-17-8-7-11-19(23)12-17/h4-12,16H,13-15H2,1-3H3,(H,24,28)/p+1/t22-/m1/s1. The number of benzene rings is 2. The number of urea groups is 1. The van der Waals surface area contributed by atoms with E-state index in [2.05, 4.69) is 5.32 Å². The Bertz CT molecular complexity index is 856. The zero-order chi connectivity index (χ0) is 20.3. The molecule has 3 rings (SSSR count). The van der Waals surface area contributed by atoms with Gasteiger partial charge in [-0.05, 0) is 30.0 Å². The lowest BCUT2D eigenvalue weighted by Crippen LogP contribution is -3.09. The minimum absolute atomic E-state index is 0.216. The summed E-state index contributed by atoms with van der Waals surface area (Å²) < 4.78 is 13.4. The summed E-state index contributed by atoms with van der Waals surface area (Å²) in [5, 5.41) is 2.96. The molecule has 2 atom stereocenters. The van der Waals surface area contributed by atoms with E-state index in [1.807, 2.05) is 57.3 Å². The first-order valence-corrected chi connectivity index (χ1v) is 9.57. The number of amides is 3. The van der Waals surface area contributed by atoms with E-state index in [1.54, 1.807) is 6.07 Å². The van der Waals surface area contributed by atoms with Crippen LogP contribution in [-0.4, -0.2) is 30.6 Å². The third kappa shape index (κ3) is 4.07. The summed E-state index contributed by atoms with van der Waals surface area (Å²) in [5.41, 5.74) is 0.583. The van der Waals surface area contributed by atoms with E-state index in [-0.39, 0.29) is 30.3 Å². The molecule has 0 radical (unpaired) electrons. The number of hydrogen-bond acceptors (Lipinski definition) is 2. The summed E-state index contributed by atoms with van der Waals surface area (Å²) in [7, 11) is 1.89. The van der Waals surface area contributed by atoms with Crippen LogP contribution in [0, 0.1) is 11.7 Å². The summed E-state index contributed by atoms with van der Waals surface area (Å²) >= 11 is 0. The highest BCUT2D eigenvalue weighted by Crippen LogP contribution is 2.34. The molecule has 1 aliphatic heterocycles. The molecule has 3 amide bonds. The summed E-state index contributed by atoms with van der Waals surface area (Å²) in [4.78, 5) is 28.3. The van der Waals surface area contributed by atoms with E-state index in [0.717, 1.165) is 16.0 Å². The van der Waals surface area contributed by atoms with Crippen LogP contribution in [0.3, 0.4) is 0 Å². The molecule has 1 aliphatic rings. The number of nitrogens with zero attached hydrogens (tertiary/aromatic N) is 1. The fourth-order valence-corrected chi connectivity index (χ4v) is 3.88. The van der Waals surface area contributed by atoms with Crippen LogP contribution in [0.15, 0.2) is 54.6 Å². The molecule has 1 saturated heterocycles. The molecule has 6 heteroatoms. The molecule has 1 fully saturated rings. The molecule has 0 saturated carbocycles. The number of halogens is 1. The van der Waals surface area contributed by atoms with Gasteiger partial charge in [-0.2, -0.15) is 0 Å². The van der Waals surface area contributed by atoms with Crippen LogP contribution in [-0.2, 0) is 16.9 Å². The van der Waals surface area contributed by atoms with Crippen molar-refractivity contribution in [2.24, 2.45) is 5.92 Å². The average Bonchev–Trinajstić information content (AvgIpc) is 2.87. The number of quaternary nitrogens is 1. The molecule has 0 aromatic heterocycles. The van der Waals surface area contributed by atoms with Gasteiger partial charge in [0, 0.05) is 5.56 Å². The van der Waals surface area contributed by atoms with Crippen LogP contribution < -0.4 is 10.2 Å². The van der Waals surface area contributed by atoms with Crippen molar-refractivity contribution in [1.82, 2.24) is 10.2 Å². The van der Waals surface area contributed by atoms with Gasteiger partial charge in [-0.25, -0.2) is 14.1 Å². The van der Waals surface area contributed by atoms with Gasteiger partial charge >= 0.3 is 6.03 Å². The van der Waals surface area contributed by atoms with Crippen molar-refractivity contribution in [3.05, 3.63) is 71.5 Å². The zero-order valence-electron chi connectivity index (χ0n) is 16.5. The monoisotopic (exact) mass is 384 g/mol. The second-order valence-corrected chi connectivity index (χ2v) is 7.95. The summed E-state index contributed by atoms with van der Waals surface area (Å²) in [5.74, 6) is -0.293. The van der Waals surface area contributed by atoms with E-state index < -0.39 is 5.54 Å². The third-order valence-corrected chi connectivity index (χ3v) is 4.98. The topological polar surface area (TPSA) is 53.9 Å². The van der Waals surface area contributed by atoms with Crippen LogP contribution in [0.4, 0.5) is 9.18 Å². The Labute approximate surface area is 165 Å². The molecule has 1 heterocycles. The number of imide groups is 1. The Morgan fingerprint density at radius 2 is 1.82 bits per heavy atom. The maximum absolute atomic E-state index is 13.4. The van der Waals surface area contributed by atoms with Crippen LogP contribution in [0.2, 0.25) is 0 Å². The Morgan fingerprint density at radius 3 is 2.46 bits per heavy atom. The molecule has 0 spiro atoms. The normalized spacial score (nSPS) is 20.5. The predicted octanol–water partition coefficient (Wildman–Crippen LogP) is 2.29. The number of carbonyl (C=O) groups excluding carboxylic acids is 2.